The number of thiazole rings is 1. The molecule has 2 aromatic rings. The lowest BCUT2D eigenvalue weighted by Crippen LogP contribution is -2.50. The molecule has 1 N–H and O–H groups in total. The maximum absolute atomic E-state index is 13.1. The fraction of sp³-hybridized carbons (Fsp3) is 0.421. The van der Waals surface area contributed by atoms with Gasteiger partial charge in [0.05, 0.1) is 23.7 Å². The van der Waals surface area contributed by atoms with Crippen molar-refractivity contribution >= 4 is 38.4 Å². The number of hydrogen-bond acceptors (Lipinski definition) is 8. The van der Waals surface area contributed by atoms with Crippen LogP contribution in [0.15, 0.2) is 29.2 Å². The van der Waals surface area contributed by atoms with Gasteiger partial charge < -0.3 is 10.1 Å². The highest BCUT2D eigenvalue weighted by molar-refractivity contribution is 7.89. The summed E-state index contributed by atoms with van der Waals surface area (Å²) < 4.78 is 44.7. The highest BCUT2D eigenvalue weighted by Gasteiger charge is 2.29. The van der Waals surface area contributed by atoms with Crippen molar-refractivity contribution < 1.29 is 27.1 Å². The molecule has 3 rings (SSSR count). The van der Waals surface area contributed by atoms with Crippen LogP contribution in [-0.2, 0) is 19.6 Å². The van der Waals surface area contributed by atoms with Gasteiger partial charge in [0.15, 0.2) is 5.13 Å². The van der Waals surface area contributed by atoms with Crippen LogP contribution in [0, 0.1) is 12.7 Å². The smallest absolute Gasteiger partial charge is 0.350 e. The number of halogens is 1. The normalized spacial score (nSPS) is 15.6. The Morgan fingerprint density at radius 2 is 1.84 bits per heavy atom. The Hall–Kier alpha value is -2.41. The zero-order valence-corrected chi connectivity index (χ0v) is 18.8. The highest BCUT2D eigenvalue weighted by Crippen LogP contribution is 2.23. The number of hydrogen-bond donors (Lipinski definition) is 1. The van der Waals surface area contributed by atoms with Crippen molar-refractivity contribution in [2.45, 2.75) is 18.7 Å². The molecule has 1 aromatic carbocycles. The van der Waals surface area contributed by atoms with E-state index >= 15 is 0 Å². The van der Waals surface area contributed by atoms with Gasteiger partial charge in [-0.15, -0.1) is 0 Å². The van der Waals surface area contributed by atoms with Crippen LogP contribution in [0.3, 0.4) is 0 Å². The molecule has 0 bridgehead atoms. The summed E-state index contributed by atoms with van der Waals surface area (Å²) >= 11 is 1.05. The molecule has 0 atom stereocenters. The second-order valence-electron chi connectivity index (χ2n) is 6.84. The van der Waals surface area contributed by atoms with Crippen molar-refractivity contribution in [1.29, 1.82) is 0 Å². The summed E-state index contributed by atoms with van der Waals surface area (Å²) in [7, 11) is -3.71. The Bertz CT molecular complexity index is 1050. The fourth-order valence-corrected chi connectivity index (χ4v) is 5.38. The third kappa shape index (κ3) is 5.64. The number of piperazine rings is 1. The summed E-state index contributed by atoms with van der Waals surface area (Å²) in [6.45, 7) is 4.88. The molecule has 1 aliphatic rings. The first-order valence-electron chi connectivity index (χ1n) is 9.63. The number of nitrogens with zero attached hydrogens (tertiary/aromatic N) is 3. The molecule has 31 heavy (non-hydrogen) atoms. The molecule has 1 aliphatic heterocycles. The van der Waals surface area contributed by atoms with E-state index in [-0.39, 0.29) is 37.0 Å². The Morgan fingerprint density at radius 3 is 2.45 bits per heavy atom. The summed E-state index contributed by atoms with van der Waals surface area (Å²) in [4.78, 5) is 30.6. The van der Waals surface area contributed by atoms with Crippen molar-refractivity contribution in [2.24, 2.45) is 0 Å². The van der Waals surface area contributed by atoms with Crippen molar-refractivity contribution in [2.75, 3.05) is 44.6 Å². The van der Waals surface area contributed by atoms with Gasteiger partial charge in [-0.2, -0.15) is 4.31 Å². The summed E-state index contributed by atoms with van der Waals surface area (Å²) in [5, 5.41) is 2.98. The van der Waals surface area contributed by atoms with E-state index in [0.29, 0.717) is 28.8 Å². The maximum Gasteiger partial charge on any atom is 0.350 e. The van der Waals surface area contributed by atoms with Crippen LogP contribution in [0.5, 0.6) is 0 Å². The number of sulfonamides is 1. The molecular weight excluding hydrogens is 447 g/mol. The van der Waals surface area contributed by atoms with Gasteiger partial charge in [0.1, 0.15) is 10.7 Å². The SMILES string of the molecule is CCOC(=O)c1sc(NC(=O)CN2CCN(S(=O)(=O)c3ccc(F)cc3)CC2)nc1C. The van der Waals surface area contributed by atoms with Crippen LogP contribution in [0.2, 0.25) is 0 Å². The minimum atomic E-state index is -3.71. The predicted molar refractivity (Wildman–Crippen MR) is 113 cm³/mol. The molecule has 168 valence electrons. The van der Waals surface area contributed by atoms with E-state index in [1.54, 1.807) is 13.8 Å². The minimum Gasteiger partial charge on any atom is -0.462 e. The molecule has 0 spiro atoms. The lowest BCUT2D eigenvalue weighted by Gasteiger charge is -2.33. The van der Waals surface area contributed by atoms with E-state index in [9.17, 15) is 22.4 Å². The van der Waals surface area contributed by atoms with Crippen LogP contribution in [-0.4, -0.2) is 73.8 Å². The van der Waals surface area contributed by atoms with Crippen molar-refractivity contribution in [3.8, 4) is 0 Å². The zero-order valence-electron chi connectivity index (χ0n) is 17.1. The van der Waals surface area contributed by atoms with E-state index in [1.165, 1.54) is 16.4 Å². The summed E-state index contributed by atoms with van der Waals surface area (Å²) in [6.07, 6.45) is 0. The quantitative estimate of drug-likeness (QED) is 0.614. The van der Waals surface area contributed by atoms with E-state index < -0.39 is 21.8 Å². The third-order valence-corrected chi connectivity index (χ3v) is 7.62. The molecular formula is C19H23FN4O5S2. The number of amides is 1. The van der Waals surface area contributed by atoms with Gasteiger partial charge in [0.2, 0.25) is 15.9 Å². The molecule has 1 fully saturated rings. The number of esters is 1. The maximum atomic E-state index is 13.1. The van der Waals surface area contributed by atoms with Gasteiger partial charge in [0.25, 0.3) is 0 Å². The first-order valence-corrected chi connectivity index (χ1v) is 11.9. The molecule has 1 saturated heterocycles. The van der Waals surface area contributed by atoms with Crippen LogP contribution in [0.1, 0.15) is 22.3 Å². The average Bonchev–Trinajstić information content (AvgIpc) is 3.09. The topological polar surface area (TPSA) is 109 Å². The second-order valence-corrected chi connectivity index (χ2v) is 9.77. The number of ether oxygens (including phenoxy) is 1. The molecule has 12 heteroatoms. The number of nitrogens with one attached hydrogen (secondary N) is 1. The molecule has 0 saturated carbocycles. The lowest BCUT2D eigenvalue weighted by molar-refractivity contribution is -0.117. The fourth-order valence-electron chi connectivity index (χ4n) is 3.08. The number of aryl methyl sites for hydroxylation is 1. The Balaban J connectivity index is 1.53. The van der Waals surface area contributed by atoms with Gasteiger partial charge in [-0.05, 0) is 38.1 Å². The minimum absolute atomic E-state index is 0.0386. The van der Waals surface area contributed by atoms with Gasteiger partial charge in [-0.1, -0.05) is 11.3 Å². The number of carbonyl (C=O) groups excluding carboxylic acids is 2. The molecule has 0 radical (unpaired) electrons. The predicted octanol–water partition coefficient (Wildman–Crippen LogP) is 1.71. The van der Waals surface area contributed by atoms with Crippen molar-refractivity contribution in [3.63, 3.8) is 0 Å². The number of rotatable bonds is 7. The molecule has 1 amide bonds. The van der Waals surface area contributed by atoms with Gasteiger partial charge in [-0.3, -0.25) is 9.69 Å². The number of aromatic nitrogens is 1. The van der Waals surface area contributed by atoms with E-state index in [0.717, 1.165) is 23.5 Å². The largest absolute Gasteiger partial charge is 0.462 e. The lowest BCUT2D eigenvalue weighted by atomic mass is 10.3. The Morgan fingerprint density at radius 1 is 1.19 bits per heavy atom. The average molecular weight is 471 g/mol. The number of anilines is 1. The Labute approximate surface area is 183 Å². The van der Waals surface area contributed by atoms with Crippen LogP contribution >= 0.6 is 11.3 Å². The standard InChI is InChI=1S/C19H23FN4O5S2/c1-3-29-18(26)17-13(2)21-19(30-17)22-16(25)12-23-8-10-24(11-9-23)31(27,28)15-6-4-14(20)5-7-15/h4-7H,3,8-12H2,1-2H3,(H,21,22,25). The number of carbonyl (C=O) groups is 2. The number of benzene rings is 1. The third-order valence-electron chi connectivity index (χ3n) is 4.65. The first-order chi connectivity index (χ1) is 14.7. The van der Waals surface area contributed by atoms with Crippen LogP contribution in [0.25, 0.3) is 0 Å². The summed E-state index contributed by atoms with van der Waals surface area (Å²) in [6, 6.07) is 4.71. The molecule has 9 nitrogen and oxygen atoms in total. The summed E-state index contributed by atoms with van der Waals surface area (Å²) in [5.41, 5.74) is 0.485. The summed E-state index contributed by atoms with van der Waals surface area (Å²) in [5.74, 6) is -1.28. The van der Waals surface area contributed by atoms with Gasteiger partial charge in [0, 0.05) is 26.2 Å². The molecule has 2 heterocycles. The monoisotopic (exact) mass is 470 g/mol. The van der Waals surface area contributed by atoms with E-state index in [2.05, 4.69) is 10.3 Å². The van der Waals surface area contributed by atoms with E-state index in [1.807, 2.05) is 4.90 Å². The van der Waals surface area contributed by atoms with Crippen molar-refractivity contribution in [1.82, 2.24) is 14.2 Å². The zero-order chi connectivity index (χ0) is 22.6. The van der Waals surface area contributed by atoms with Crippen molar-refractivity contribution in [3.05, 3.63) is 40.7 Å². The van der Waals surface area contributed by atoms with Crippen LogP contribution < -0.4 is 5.32 Å². The van der Waals surface area contributed by atoms with E-state index in [4.69, 9.17) is 4.74 Å². The first kappa shape index (κ1) is 23.3. The van der Waals surface area contributed by atoms with Gasteiger partial charge in [-0.25, -0.2) is 22.6 Å². The highest BCUT2D eigenvalue weighted by atomic mass is 32.2. The van der Waals surface area contributed by atoms with Gasteiger partial charge >= 0.3 is 5.97 Å². The van der Waals surface area contributed by atoms with Crippen LogP contribution in [0.4, 0.5) is 9.52 Å². The molecule has 0 aliphatic carbocycles. The second kappa shape index (κ2) is 9.81. The Kier molecular flexibility index (Phi) is 7.36. The molecule has 0 unspecified atom stereocenters. The molecule has 1 aromatic heterocycles.